The third-order valence-electron chi connectivity index (χ3n) is 2.32. The Bertz CT molecular complexity index is 405. The maximum Gasteiger partial charge on any atom is 0.274 e. The molecule has 1 amide bonds. The number of hydrogen-bond acceptors (Lipinski definition) is 4. The molecule has 5 heteroatoms. The fraction of sp³-hybridized carbons (Fsp3) is 0.417. The summed E-state index contributed by atoms with van der Waals surface area (Å²) >= 11 is 0. The van der Waals surface area contributed by atoms with Crippen molar-refractivity contribution in [1.82, 2.24) is 5.48 Å². The van der Waals surface area contributed by atoms with Crippen LogP contribution in [-0.4, -0.2) is 25.7 Å². The molecule has 0 radical (unpaired) electrons. The third-order valence-corrected chi connectivity index (χ3v) is 2.32. The molecule has 5 nitrogen and oxygen atoms in total. The monoisotopic (exact) mass is 237 g/mol. The fourth-order valence-corrected chi connectivity index (χ4v) is 1.50. The maximum atomic E-state index is 11.6. The van der Waals surface area contributed by atoms with Crippen LogP contribution in [0, 0.1) is 0 Å². The van der Waals surface area contributed by atoms with E-state index in [1.165, 1.54) is 0 Å². The summed E-state index contributed by atoms with van der Waals surface area (Å²) in [5, 5.41) is 0. The number of carbonyl (C=O) groups excluding carboxylic acids is 1. The van der Waals surface area contributed by atoms with Gasteiger partial charge in [-0.2, -0.15) is 0 Å². The lowest BCUT2D eigenvalue weighted by Gasteiger charge is -2.09. The van der Waals surface area contributed by atoms with E-state index in [0.717, 1.165) is 6.42 Å². The van der Waals surface area contributed by atoms with E-state index in [2.05, 4.69) is 5.48 Å². The van der Waals surface area contributed by atoms with Crippen LogP contribution in [0.2, 0.25) is 0 Å². The van der Waals surface area contributed by atoms with Crippen LogP contribution in [0.3, 0.4) is 0 Å². The van der Waals surface area contributed by atoms with Gasteiger partial charge in [-0.15, -0.1) is 0 Å². The van der Waals surface area contributed by atoms with Crippen molar-refractivity contribution in [2.24, 2.45) is 0 Å². The van der Waals surface area contributed by atoms with Crippen molar-refractivity contribution in [2.75, 3.05) is 19.8 Å². The SMILES string of the molecule is CCONC(=O)c1ccc2c(c1)OCCCO2. The summed E-state index contributed by atoms with van der Waals surface area (Å²) in [6, 6.07) is 5.08. The highest BCUT2D eigenvalue weighted by Gasteiger charge is 2.13. The molecule has 0 aliphatic carbocycles. The summed E-state index contributed by atoms with van der Waals surface area (Å²) in [6.07, 6.45) is 0.842. The van der Waals surface area contributed by atoms with Gasteiger partial charge in [-0.25, -0.2) is 5.48 Å². The Balaban J connectivity index is 2.14. The standard InChI is InChI=1S/C12H15NO4/c1-2-17-13-12(14)9-4-5-10-11(8-9)16-7-3-6-15-10/h4-5,8H,2-3,6-7H2,1H3,(H,13,14). The van der Waals surface area contributed by atoms with E-state index in [1.54, 1.807) is 25.1 Å². The summed E-state index contributed by atoms with van der Waals surface area (Å²) in [6.45, 7) is 3.46. The summed E-state index contributed by atoms with van der Waals surface area (Å²) in [5.74, 6) is 0.990. The Morgan fingerprint density at radius 2 is 2.12 bits per heavy atom. The second-order valence-electron chi connectivity index (χ2n) is 3.58. The molecule has 1 aromatic carbocycles. The van der Waals surface area contributed by atoms with Crippen molar-refractivity contribution >= 4 is 5.91 Å². The van der Waals surface area contributed by atoms with Gasteiger partial charge in [0.1, 0.15) is 0 Å². The molecule has 1 aromatic rings. The minimum absolute atomic E-state index is 0.289. The average molecular weight is 237 g/mol. The van der Waals surface area contributed by atoms with Crippen molar-refractivity contribution in [3.05, 3.63) is 23.8 Å². The van der Waals surface area contributed by atoms with Crippen molar-refractivity contribution < 1.29 is 19.1 Å². The minimum atomic E-state index is -0.289. The molecule has 0 spiro atoms. The number of fused-ring (bicyclic) bond motifs is 1. The predicted molar refractivity (Wildman–Crippen MR) is 61.1 cm³/mol. The number of nitrogens with one attached hydrogen (secondary N) is 1. The van der Waals surface area contributed by atoms with Crippen LogP contribution in [0.1, 0.15) is 23.7 Å². The smallest absolute Gasteiger partial charge is 0.274 e. The average Bonchev–Trinajstić information content (AvgIpc) is 2.60. The first-order valence-corrected chi connectivity index (χ1v) is 5.63. The maximum absolute atomic E-state index is 11.6. The Morgan fingerprint density at radius 1 is 1.35 bits per heavy atom. The van der Waals surface area contributed by atoms with Crippen molar-refractivity contribution in [2.45, 2.75) is 13.3 Å². The van der Waals surface area contributed by atoms with Gasteiger partial charge in [-0.3, -0.25) is 9.63 Å². The molecular formula is C12H15NO4. The zero-order valence-electron chi connectivity index (χ0n) is 9.69. The lowest BCUT2D eigenvalue weighted by molar-refractivity contribution is 0.0364. The van der Waals surface area contributed by atoms with E-state index in [4.69, 9.17) is 14.3 Å². The molecule has 2 rings (SSSR count). The number of benzene rings is 1. The van der Waals surface area contributed by atoms with Crippen LogP contribution < -0.4 is 15.0 Å². The molecule has 92 valence electrons. The molecule has 0 fully saturated rings. The predicted octanol–water partition coefficient (Wildman–Crippen LogP) is 1.53. The lowest BCUT2D eigenvalue weighted by atomic mass is 10.2. The van der Waals surface area contributed by atoms with Gasteiger partial charge in [0, 0.05) is 12.0 Å². The molecule has 0 unspecified atom stereocenters. The Labute approximate surface area is 99.6 Å². The van der Waals surface area contributed by atoms with Gasteiger partial charge in [0.2, 0.25) is 0 Å². The first-order valence-electron chi connectivity index (χ1n) is 5.63. The van der Waals surface area contributed by atoms with Crippen molar-refractivity contribution in [3.63, 3.8) is 0 Å². The van der Waals surface area contributed by atoms with Crippen LogP contribution in [-0.2, 0) is 4.84 Å². The van der Waals surface area contributed by atoms with Gasteiger partial charge in [-0.1, -0.05) is 0 Å². The summed E-state index contributed by atoms with van der Waals surface area (Å²) < 4.78 is 11.0. The van der Waals surface area contributed by atoms with E-state index in [-0.39, 0.29) is 5.91 Å². The van der Waals surface area contributed by atoms with E-state index in [1.807, 2.05) is 0 Å². The molecule has 0 bridgehead atoms. The molecule has 1 N–H and O–H groups in total. The Kier molecular flexibility index (Phi) is 3.82. The van der Waals surface area contributed by atoms with Crippen molar-refractivity contribution in [1.29, 1.82) is 0 Å². The normalized spacial score (nSPS) is 13.9. The summed E-state index contributed by atoms with van der Waals surface area (Å²) in [7, 11) is 0. The largest absolute Gasteiger partial charge is 0.490 e. The van der Waals surface area contributed by atoms with E-state index in [9.17, 15) is 4.79 Å². The second-order valence-corrected chi connectivity index (χ2v) is 3.58. The topological polar surface area (TPSA) is 56.8 Å². The molecule has 1 aliphatic heterocycles. The zero-order valence-corrected chi connectivity index (χ0v) is 9.69. The molecule has 0 atom stereocenters. The first kappa shape index (κ1) is 11.7. The number of amides is 1. The number of hydrogen-bond donors (Lipinski definition) is 1. The Morgan fingerprint density at radius 3 is 2.88 bits per heavy atom. The molecule has 1 aliphatic rings. The molecule has 17 heavy (non-hydrogen) atoms. The van der Waals surface area contributed by atoms with Gasteiger partial charge in [0.05, 0.1) is 19.8 Å². The highest BCUT2D eigenvalue weighted by Crippen LogP contribution is 2.30. The number of rotatable bonds is 3. The quantitative estimate of drug-likeness (QED) is 0.810. The summed E-state index contributed by atoms with van der Waals surface area (Å²) in [4.78, 5) is 16.5. The molecule has 0 aromatic heterocycles. The number of carbonyl (C=O) groups is 1. The van der Waals surface area contributed by atoms with Crippen LogP contribution in [0.5, 0.6) is 11.5 Å². The van der Waals surface area contributed by atoms with Crippen LogP contribution in [0.25, 0.3) is 0 Å². The van der Waals surface area contributed by atoms with Crippen LogP contribution >= 0.6 is 0 Å². The second kappa shape index (κ2) is 5.54. The fourth-order valence-electron chi connectivity index (χ4n) is 1.50. The van der Waals surface area contributed by atoms with E-state index < -0.39 is 0 Å². The minimum Gasteiger partial charge on any atom is -0.490 e. The Hall–Kier alpha value is -1.75. The zero-order chi connectivity index (χ0) is 12.1. The van der Waals surface area contributed by atoms with Crippen LogP contribution in [0.4, 0.5) is 0 Å². The van der Waals surface area contributed by atoms with Gasteiger partial charge in [0.15, 0.2) is 11.5 Å². The highest BCUT2D eigenvalue weighted by molar-refractivity contribution is 5.94. The first-order chi connectivity index (χ1) is 8.31. The lowest BCUT2D eigenvalue weighted by Crippen LogP contribution is -2.23. The van der Waals surface area contributed by atoms with Gasteiger partial charge >= 0.3 is 0 Å². The molecule has 1 heterocycles. The van der Waals surface area contributed by atoms with Gasteiger partial charge in [0.25, 0.3) is 5.91 Å². The molecular weight excluding hydrogens is 222 g/mol. The summed E-state index contributed by atoms with van der Waals surface area (Å²) in [5.41, 5.74) is 2.82. The van der Waals surface area contributed by atoms with Gasteiger partial charge < -0.3 is 9.47 Å². The number of hydroxylamine groups is 1. The van der Waals surface area contributed by atoms with E-state index >= 15 is 0 Å². The highest BCUT2D eigenvalue weighted by atomic mass is 16.6. The molecule has 0 saturated carbocycles. The number of ether oxygens (including phenoxy) is 2. The molecule has 0 saturated heterocycles. The van der Waals surface area contributed by atoms with Crippen LogP contribution in [0.15, 0.2) is 18.2 Å². The van der Waals surface area contributed by atoms with Crippen molar-refractivity contribution in [3.8, 4) is 11.5 Å². The van der Waals surface area contributed by atoms with Gasteiger partial charge in [-0.05, 0) is 25.1 Å². The third kappa shape index (κ3) is 2.88. The van der Waals surface area contributed by atoms with E-state index in [0.29, 0.717) is 36.9 Å².